The van der Waals surface area contributed by atoms with Crippen molar-refractivity contribution in [2.75, 3.05) is 41.7 Å². The molecule has 1 amide bonds. The highest BCUT2D eigenvalue weighted by Crippen LogP contribution is 2.21. The van der Waals surface area contributed by atoms with Gasteiger partial charge in [0.15, 0.2) is 5.76 Å². The number of benzene rings is 1. The zero-order valence-electron chi connectivity index (χ0n) is 17.9. The summed E-state index contributed by atoms with van der Waals surface area (Å²) in [5.74, 6) is 1.72. The van der Waals surface area contributed by atoms with Crippen LogP contribution in [0.25, 0.3) is 11.0 Å². The van der Waals surface area contributed by atoms with Gasteiger partial charge in [0.05, 0.1) is 0 Å². The Balaban J connectivity index is 1.38. The van der Waals surface area contributed by atoms with E-state index >= 15 is 0 Å². The Kier molecular flexibility index (Phi) is 6.64. The molecule has 0 radical (unpaired) electrons. The van der Waals surface area contributed by atoms with Gasteiger partial charge in [0, 0.05) is 37.6 Å². The van der Waals surface area contributed by atoms with E-state index < -0.39 is 0 Å². The van der Waals surface area contributed by atoms with Crippen molar-refractivity contribution in [2.45, 2.75) is 18.9 Å². The number of fused-ring (bicyclic) bond motifs is 1. The van der Waals surface area contributed by atoms with Gasteiger partial charge >= 0.3 is 0 Å². The van der Waals surface area contributed by atoms with E-state index in [1.807, 2.05) is 24.3 Å². The number of anilines is 3. The lowest BCUT2D eigenvalue weighted by Gasteiger charge is -2.32. The number of carbonyl (C=O) groups is 1. The second-order valence-corrected chi connectivity index (χ2v) is 7.51. The van der Waals surface area contributed by atoms with Crippen molar-refractivity contribution in [1.29, 1.82) is 0 Å². The van der Waals surface area contributed by atoms with Crippen LogP contribution in [0.5, 0.6) is 0 Å². The topological polar surface area (TPSA) is 108 Å². The van der Waals surface area contributed by atoms with Gasteiger partial charge < -0.3 is 25.3 Å². The van der Waals surface area contributed by atoms with E-state index in [1.54, 1.807) is 18.2 Å². The third-order valence-corrected chi connectivity index (χ3v) is 5.19. The lowest BCUT2D eigenvalue weighted by molar-refractivity contribution is 0.0905. The molecule has 1 fully saturated rings. The first-order chi connectivity index (χ1) is 15.7. The minimum absolute atomic E-state index is 0.0607. The normalized spacial score (nSPS) is 14.2. The third-order valence-electron chi connectivity index (χ3n) is 5.19. The maximum atomic E-state index is 12.6. The highest BCUT2D eigenvalue weighted by atomic mass is 16.3. The average Bonchev–Trinajstić information content (AvgIpc) is 3.26. The summed E-state index contributed by atoms with van der Waals surface area (Å²) >= 11 is 0. The molecule has 9 heteroatoms. The summed E-state index contributed by atoms with van der Waals surface area (Å²) in [5, 5.41) is 10.2. The molecule has 0 spiro atoms. The largest absolute Gasteiger partial charge is 0.451 e. The molecule has 32 heavy (non-hydrogen) atoms. The van der Waals surface area contributed by atoms with Gasteiger partial charge in [-0.05, 0) is 25.0 Å². The molecule has 3 aromatic rings. The molecule has 1 aliphatic heterocycles. The quantitative estimate of drug-likeness (QED) is 0.442. The molecule has 0 atom stereocenters. The van der Waals surface area contributed by atoms with Crippen molar-refractivity contribution < 1.29 is 9.21 Å². The zero-order chi connectivity index (χ0) is 22.3. The van der Waals surface area contributed by atoms with Crippen LogP contribution in [0, 0.1) is 0 Å². The number of hydrogen-bond acceptors (Lipinski definition) is 8. The Labute approximate surface area is 186 Å². The van der Waals surface area contributed by atoms with Crippen LogP contribution in [-0.4, -0.2) is 53.1 Å². The van der Waals surface area contributed by atoms with Crippen LogP contribution in [0.15, 0.2) is 60.1 Å². The standard InChI is InChI=1S/C23H27N7O2/c1-3-11-24-21-27-22(25-12-4-2)29-23(28-21)30-13-9-17(10-14-30)26-20(31)19-15-16-7-5-6-8-18(16)32-19/h3-8,15,17H,1-2,9-14H2,(H,26,31)(H2,24,25,27,28,29). The van der Waals surface area contributed by atoms with Crippen LogP contribution in [0.1, 0.15) is 23.4 Å². The van der Waals surface area contributed by atoms with E-state index in [-0.39, 0.29) is 11.9 Å². The number of aromatic nitrogens is 3. The minimum Gasteiger partial charge on any atom is -0.451 e. The van der Waals surface area contributed by atoms with Gasteiger partial charge in [0.2, 0.25) is 17.8 Å². The van der Waals surface area contributed by atoms with Gasteiger partial charge in [-0.2, -0.15) is 15.0 Å². The second kappa shape index (κ2) is 9.95. The second-order valence-electron chi connectivity index (χ2n) is 7.51. The summed E-state index contributed by atoms with van der Waals surface area (Å²) in [6, 6.07) is 9.44. The molecule has 1 aliphatic rings. The highest BCUT2D eigenvalue weighted by Gasteiger charge is 2.24. The van der Waals surface area contributed by atoms with Crippen LogP contribution in [0.3, 0.4) is 0 Å². The molecule has 166 valence electrons. The van der Waals surface area contributed by atoms with Crippen molar-refractivity contribution in [1.82, 2.24) is 20.3 Å². The van der Waals surface area contributed by atoms with Crippen molar-refractivity contribution in [2.24, 2.45) is 0 Å². The Morgan fingerprint density at radius 1 is 1.06 bits per heavy atom. The molecular weight excluding hydrogens is 406 g/mol. The van der Waals surface area contributed by atoms with Crippen LogP contribution in [0.4, 0.5) is 17.8 Å². The smallest absolute Gasteiger partial charge is 0.287 e. The molecule has 0 bridgehead atoms. The summed E-state index contributed by atoms with van der Waals surface area (Å²) < 4.78 is 5.68. The van der Waals surface area contributed by atoms with Gasteiger partial charge in [0.25, 0.3) is 5.91 Å². The first kappa shape index (κ1) is 21.4. The predicted molar refractivity (Wildman–Crippen MR) is 126 cm³/mol. The fraction of sp³-hybridized carbons (Fsp3) is 0.304. The Morgan fingerprint density at radius 2 is 1.72 bits per heavy atom. The van der Waals surface area contributed by atoms with E-state index in [9.17, 15) is 4.79 Å². The average molecular weight is 434 g/mol. The summed E-state index contributed by atoms with van der Waals surface area (Å²) in [5.41, 5.74) is 0.712. The van der Waals surface area contributed by atoms with Crippen molar-refractivity contribution >= 4 is 34.7 Å². The number of nitrogens with zero attached hydrogens (tertiary/aromatic N) is 4. The van der Waals surface area contributed by atoms with Gasteiger partial charge in [-0.3, -0.25) is 4.79 Å². The molecule has 1 aromatic carbocycles. The monoisotopic (exact) mass is 433 g/mol. The summed E-state index contributed by atoms with van der Waals surface area (Å²) in [6.07, 6.45) is 5.05. The fourth-order valence-electron chi connectivity index (χ4n) is 3.57. The summed E-state index contributed by atoms with van der Waals surface area (Å²) in [4.78, 5) is 28.2. The van der Waals surface area contributed by atoms with Crippen LogP contribution in [0.2, 0.25) is 0 Å². The number of carbonyl (C=O) groups excluding carboxylic acids is 1. The molecule has 3 N–H and O–H groups in total. The Morgan fingerprint density at radius 3 is 2.34 bits per heavy atom. The number of rotatable bonds is 9. The molecule has 0 saturated carbocycles. The van der Waals surface area contributed by atoms with Crippen molar-refractivity contribution in [3.63, 3.8) is 0 Å². The summed E-state index contributed by atoms with van der Waals surface area (Å²) in [6.45, 7) is 9.97. The van der Waals surface area contributed by atoms with E-state index in [1.165, 1.54) is 0 Å². The van der Waals surface area contributed by atoms with Gasteiger partial charge in [-0.1, -0.05) is 30.4 Å². The maximum Gasteiger partial charge on any atom is 0.287 e. The fourth-order valence-corrected chi connectivity index (χ4v) is 3.57. The number of piperidine rings is 1. The number of nitrogens with one attached hydrogen (secondary N) is 3. The Hall–Kier alpha value is -3.88. The van der Waals surface area contributed by atoms with E-state index in [0.717, 1.165) is 31.3 Å². The van der Waals surface area contributed by atoms with E-state index in [0.29, 0.717) is 42.3 Å². The first-order valence-electron chi connectivity index (χ1n) is 10.7. The number of para-hydroxylation sites is 1. The first-order valence-corrected chi connectivity index (χ1v) is 10.7. The highest BCUT2D eigenvalue weighted by molar-refractivity contribution is 5.96. The number of furan rings is 1. The molecule has 3 heterocycles. The maximum absolute atomic E-state index is 12.6. The summed E-state index contributed by atoms with van der Waals surface area (Å²) in [7, 11) is 0. The molecular formula is C23H27N7O2. The molecule has 2 aromatic heterocycles. The van der Waals surface area contributed by atoms with Crippen molar-refractivity contribution in [3.8, 4) is 0 Å². The molecule has 4 rings (SSSR count). The van der Waals surface area contributed by atoms with E-state index in [4.69, 9.17) is 4.42 Å². The minimum atomic E-state index is -0.188. The lowest BCUT2D eigenvalue weighted by atomic mass is 10.1. The van der Waals surface area contributed by atoms with Crippen molar-refractivity contribution in [3.05, 3.63) is 61.4 Å². The lowest BCUT2D eigenvalue weighted by Crippen LogP contribution is -2.45. The van der Waals surface area contributed by atoms with Crippen LogP contribution >= 0.6 is 0 Å². The third kappa shape index (κ3) is 5.05. The SMILES string of the molecule is C=CCNc1nc(NCC=C)nc(N2CCC(NC(=O)c3cc4ccccc4o3)CC2)n1. The number of hydrogen-bond donors (Lipinski definition) is 3. The van der Waals surface area contributed by atoms with Crippen LogP contribution in [-0.2, 0) is 0 Å². The van der Waals surface area contributed by atoms with Gasteiger partial charge in [0.1, 0.15) is 5.58 Å². The molecule has 0 aliphatic carbocycles. The van der Waals surface area contributed by atoms with Gasteiger partial charge in [-0.15, -0.1) is 13.2 Å². The molecule has 9 nitrogen and oxygen atoms in total. The van der Waals surface area contributed by atoms with E-state index in [2.05, 4.69) is 49.0 Å². The predicted octanol–water partition coefficient (Wildman–Crippen LogP) is 3.21. The van der Waals surface area contributed by atoms with Crippen LogP contribution < -0.4 is 20.9 Å². The Bertz CT molecular complexity index is 1040. The zero-order valence-corrected chi connectivity index (χ0v) is 17.9. The molecule has 1 saturated heterocycles. The molecule has 0 unspecified atom stereocenters. The number of amides is 1. The van der Waals surface area contributed by atoms with Gasteiger partial charge in [-0.25, -0.2) is 0 Å².